The van der Waals surface area contributed by atoms with Gasteiger partial charge in [-0.25, -0.2) is 0 Å². The molecule has 2 aromatic carbocycles. The number of unbranched alkanes of at least 4 members (excludes halogenated alkanes) is 2. The van der Waals surface area contributed by atoms with E-state index in [0.29, 0.717) is 30.3 Å². The van der Waals surface area contributed by atoms with Crippen LogP contribution in [0.15, 0.2) is 47.6 Å². The zero-order valence-corrected chi connectivity index (χ0v) is 20.4. The molecule has 7 nitrogen and oxygen atoms in total. The third-order valence-electron chi connectivity index (χ3n) is 5.18. The summed E-state index contributed by atoms with van der Waals surface area (Å²) in [6.07, 6.45) is 4.43. The molecule has 2 rings (SSSR count). The van der Waals surface area contributed by atoms with Crippen molar-refractivity contribution < 1.29 is 19.0 Å². The third kappa shape index (κ3) is 8.00. The number of nitrogens with zero attached hydrogens (tertiary/aromatic N) is 2. The van der Waals surface area contributed by atoms with Gasteiger partial charge >= 0.3 is 0 Å². The van der Waals surface area contributed by atoms with E-state index in [1.54, 1.807) is 25.5 Å². The molecule has 0 heterocycles. The Morgan fingerprint density at radius 1 is 0.939 bits per heavy atom. The van der Waals surface area contributed by atoms with Gasteiger partial charge in [0, 0.05) is 18.2 Å². The number of carbonyl (C=O) groups is 1. The minimum absolute atomic E-state index is 0.0365. The second-order valence-corrected chi connectivity index (χ2v) is 8.37. The Morgan fingerprint density at radius 2 is 1.52 bits per heavy atom. The van der Waals surface area contributed by atoms with Crippen molar-refractivity contribution in [1.82, 2.24) is 4.90 Å². The number of hydrogen-bond acceptors (Lipinski definition) is 6. The maximum Gasteiger partial charge on any atom is 0.258 e. The molecule has 0 spiro atoms. The normalized spacial score (nSPS) is 11.2. The largest absolute Gasteiger partial charge is 0.496 e. The number of hydrogen-bond donors (Lipinski definition) is 1. The Bertz CT molecular complexity index is 887. The monoisotopic (exact) mass is 455 g/mol. The lowest BCUT2D eigenvalue weighted by atomic mass is 10.1. The zero-order chi connectivity index (χ0) is 24.2. The summed E-state index contributed by atoms with van der Waals surface area (Å²) in [5, 5.41) is 3.50. The summed E-state index contributed by atoms with van der Waals surface area (Å²) in [6.45, 7) is 9.30. The van der Waals surface area contributed by atoms with Crippen LogP contribution in [-0.2, 0) is 0 Å². The number of carbonyl (C=O) groups excluding carboxylic acids is 1. The van der Waals surface area contributed by atoms with Crippen molar-refractivity contribution in [3.05, 3.63) is 53.6 Å². The zero-order valence-electron chi connectivity index (χ0n) is 20.4. The Kier molecular flexibility index (Phi) is 10.5. The molecule has 180 valence electrons. The van der Waals surface area contributed by atoms with Crippen molar-refractivity contribution in [2.24, 2.45) is 10.9 Å². The van der Waals surface area contributed by atoms with Gasteiger partial charge in [0.1, 0.15) is 17.2 Å². The van der Waals surface area contributed by atoms with E-state index in [9.17, 15) is 4.79 Å². The molecule has 0 saturated carbocycles. The smallest absolute Gasteiger partial charge is 0.258 e. The molecule has 0 bridgehead atoms. The highest BCUT2D eigenvalue weighted by Gasteiger charge is 2.24. The molecular weight excluding hydrogens is 418 g/mol. The second kappa shape index (κ2) is 13.4. The van der Waals surface area contributed by atoms with Crippen molar-refractivity contribution in [3.63, 3.8) is 0 Å². The van der Waals surface area contributed by atoms with Gasteiger partial charge in [-0.1, -0.05) is 0 Å². The lowest BCUT2D eigenvalue weighted by Gasteiger charge is -2.31. The molecule has 0 atom stereocenters. The van der Waals surface area contributed by atoms with Crippen LogP contribution in [0.4, 0.5) is 0 Å². The second-order valence-electron chi connectivity index (χ2n) is 8.37. The summed E-state index contributed by atoms with van der Waals surface area (Å²) in [4.78, 5) is 14.9. The van der Waals surface area contributed by atoms with Gasteiger partial charge < -0.3 is 25.0 Å². The fourth-order valence-corrected chi connectivity index (χ4v) is 3.64. The molecule has 0 unspecified atom stereocenters. The molecule has 2 aromatic rings. The van der Waals surface area contributed by atoms with E-state index in [-0.39, 0.29) is 18.0 Å². The molecule has 33 heavy (non-hydrogen) atoms. The molecule has 0 aliphatic heterocycles. The van der Waals surface area contributed by atoms with E-state index < -0.39 is 0 Å². The lowest BCUT2D eigenvalue weighted by Crippen LogP contribution is -2.42. The lowest BCUT2D eigenvalue weighted by molar-refractivity contribution is 0.0640. The number of rotatable bonds is 13. The first-order valence-corrected chi connectivity index (χ1v) is 11.5. The van der Waals surface area contributed by atoms with Crippen LogP contribution in [0.25, 0.3) is 0 Å². The molecule has 0 aliphatic rings. The van der Waals surface area contributed by atoms with Crippen LogP contribution in [0, 0.1) is 0 Å². The van der Waals surface area contributed by atoms with Crippen molar-refractivity contribution in [2.75, 3.05) is 20.3 Å². The molecule has 0 aliphatic carbocycles. The number of amides is 1. The Morgan fingerprint density at radius 3 is 2.06 bits per heavy atom. The Labute approximate surface area is 197 Å². The van der Waals surface area contributed by atoms with Gasteiger partial charge in [-0.3, -0.25) is 4.79 Å². The minimum atomic E-state index is -0.0365. The molecule has 0 fully saturated rings. The van der Waals surface area contributed by atoms with Gasteiger partial charge in [-0.2, -0.15) is 5.10 Å². The number of ether oxygens (including phenoxy) is 3. The topological polar surface area (TPSA) is 86.4 Å². The van der Waals surface area contributed by atoms with Crippen LogP contribution in [0.1, 0.15) is 62.9 Å². The average molecular weight is 456 g/mol. The number of nitrogens with two attached hydrogens (primary N) is 1. The maximum atomic E-state index is 13.0. The molecule has 7 heteroatoms. The van der Waals surface area contributed by atoms with Crippen LogP contribution in [0.5, 0.6) is 17.2 Å². The van der Waals surface area contributed by atoms with Crippen molar-refractivity contribution >= 4 is 12.1 Å². The first-order chi connectivity index (χ1) is 15.9. The van der Waals surface area contributed by atoms with Crippen LogP contribution >= 0.6 is 0 Å². The SMILES string of the molecule is COc1cc(OCCCCCOc2ccc(/C=N/N)cc2)ccc1C(=O)N(C(C)C)C(C)C. The molecule has 0 aromatic heterocycles. The first kappa shape index (κ1) is 26.0. The first-order valence-electron chi connectivity index (χ1n) is 11.5. The number of methoxy groups -OCH3 is 1. The van der Waals surface area contributed by atoms with Gasteiger partial charge in [-0.05, 0) is 88.9 Å². The summed E-state index contributed by atoms with van der Waals surface area (Å²) >= 11 is 0. The van der Waals surface area contributed by atoms with Gasteiger partial charge in [0.2, 0.25) is 0 Å². The van der Waals surface area contributed by atoms with Gasteiger partial charge in [0.25, 0.3) is 5.91 Å². The molecule has 2 N–H and O–H groups in total. The van der Waals surface area contributed by atoms with Gasteiger partial charge in [0.05, 0.1) is 32.1 Å². The highest BCUT2D eigenvalue weighted by atomic mass is 16.5. The highest BCUT2D eigenvalue weighted by Crippen LogP contribution is 2.27. The average Bonchev–Trinajstić information content (AvgIpc) is 2.79. The van der Waals surface area contributed by atoms with E-state index >= 15 is 0 Å². The molecule has 0 saturated heterocycles. The quantitative estimate of drug-likeness (QED) is 0.201. The third-order valence-corrected chi connectivity index (χ3v) is 5.18. The summed E-state index contributed by atoms with van der Waals surface area (Å²) in [5.41, 5.74) is 1.49. The molecule has 0 radical (unpaired) electrons. The predicted octanol–water partition coefficient (Wildman–Crippen LogP) is 4.87. The fraction of sp³-hybridized carbons (Fsp3) is 0.462. The summed E-state index contributed by atoms with van der Waals surface area (Å²) in [7, 11) is 1.57. The highest BCUT2D eigenvalue weighted by molar-refractivity contribution is 5.97. The van der Waals surface area contributed by atoms with Gasteiger partial charge in [0.15, 0.2) is 0 Å². The number of benzene rings is 2. The van der Waals surface area contributed by atoms with E-state index in [1.165, 1.54) is 0 Å². The maximum absolute atomic E-state index is 13.0. The Balaban J connectivity index is 1.77. The summed E-state index contributed by atoms with van der Waals surface area (Å²) < 4.78 is 17.1. The molecular formula is C26H37N3O4. The van der Waals surface area contributed by atoms with E-state index in [0.717, 1.165) is 30.6 Å². The van der Waals surface area contributed by atoms with E-state index in [2.05, 4.69) is 5.10 Å². The standard InChI is InChI=1S/C26H37N3O4/c1-19(2)29(20(3)4)26(30)24-14-13-23(17-25(24)31-5)33-16-8-6-7-15-32-22-11-9-21(10-12-22)18-28-27/h9-14,17-20H,6-8,15-16,27H2,1-5H3/b28-18+. The van der Waals surface area contributed by atoms with Crippen LogP contribution in [-0.4, -0.2) is 49.4 Å². The summed E-state index contributed by atoms with van der Waals surface area (Å²) in [5.74, 6) is 7.16. The van der Waals surface area contributed by atoms with Crippen molar-refractivity contribution in [3.8, 4) is 17.2 Å². The molecule has 1 amide bonds. The van der Waals surface area contributed by atoms with Crippen molar-refractivity contribution in [1.29, 1.82) is 0 Å². The Hall–Kier alpha value is -3.22. The minimum Gasteiger partial charge on any atom is -0.496 e. The van der Waals surface area contributed by atoms with Crippen LogP contribution in [0.3, 0.4) is 0 Å². The number of hydrazone groups is 1. The van der Waals surface area contributed by atoms with Crippen molar-refractivity contribution in [2.45, 2.75) is 59.0 Å². The summed E-state index contributed by atoms with van der Waals surface area (Å²) in [6, 6.07) is 13.2. The van der Waals surface area contributed by atoms with E-state index in [4.69, 9.17) is 20.1 Å². The van der Waals surface area contributed by atoms with Crippen LogP contribution in [0.2, 0.25) is 0 Å². The fourth-order valence-electron chi connectivity index (χ4n) is 3.64. The van der Waals surface area contributed by atoms with Crippen LogP contribution < -0.4 is 20.1 Å². The van der Waals surface area contributed by atoms with E-state index in [1.807, 2.05) is 62.9 Å². The predicted molar refractivity (Wildman–Crippen MR) is 132 cm³/mol. The van der Waals surface area contributed by atoms with Gasteiger partial charge in [-0.15, -0.1) is 0 Å².